The van der Waals surface area contributed by atoms with E-state index in [9.17, 15) is 8.42 Å². The van der Waals surface area contributed by atoms with E-state index < -0.39 is 18.1 Å². The molecule has 150 valence electrons. The summed E-state index contributed by atoms with van der Waals surface area (Å²) in [6, 6.07) is 14.7. The summed E-state index contributed by atoms with van der Waals surface area (Å²) in [5.41, 5.74) is 6.05. The first-order valence-corrected chi connectivity index (χ1v) is 14.7. The van der Waals surface area contributed by atoms with Crippen LogP contribution < -0.4 is 4.31 Å². The molecule has 0 atom stereocenters. The molecule has 0 aliphatic carbocycles. The van der Waals surface area contributed by atoms with Gasteiger partial charge in [-0.15, -0.1) is 5.54 Å². The first kappa shape index (κ1) is 22.3. The molecular formula is C23H31NO2SSi. The van der Waals surface area contributed by atoms with Gasteiger partial charge < -0.3 is 0 Å². The molecule has 0 spiro atoms. The topological polar surface area (TPSA) is 37.4 Å². The van der Waals surface area contributed by atoms with E-state index in [-0.39, 0.29) is 5.92 Å². The fourth-order valence-corrected chi connectivity index (χ4v) is 4.82. The average Bonchev–Trinajstić information content (AvgIpc) is 2.64. The van der Waals surface area contributed by atoms with Crippen LogP contribution in [0.15, 0.2) is 53.4 Å². The first-order chi connectivity index (χ1) is 13.0. The normalized spacial score (nSPS) is 11.8. The highest BCUT2D eigenvalue weighted by atomic mass is 32.2. The maximum atomic E-state index is 13.3. The second-order valence-electron chi connectivity index (χ2n) is 8.47. The maximum Gasteiger partial charge on any atom is 0.264 e. The molecule has 2 rings (SSSR count). The third-order valence-corrected chi connectivity index (χ3v) is 6.87. The van der Waals surface area contributed by atoms with Crippen LogP contribution in [0.1, 0.15) is 31.9 Å². The van der Waals surface area contributed by atoms with Crippen LogP contribution in [-0.2, 0) is 16.4 Å². The summed E-state index contributed by atoms with van der Waals surface area (Å²) in [5.74, 6) is 3.38. The van der Waals surface area contributed by atoms with Gasteiger partial charge in [-0.05, 0) is 54.3 Å². The minimum atomic E-state index is -3.64. The maximum absolute atomic E-state index is 13.3. The lowest BCUT2D eigenvalue weighted by Crippen LogP contribution is -2.34. The molecule has 0 unspecified atom stereocenters. The molecule has 28 heavy (non-hydrogen) atoms. The predicted molar refractivity (Wildman–Crippen MR) is 122 cm³/mol. The van der Waals surface area contributed by atoms with E-state index in [1.807, 2.05) is 38.1 Å². The van der Waals surface area contributed by atoms with E-state index in [0.717, 1.165) is 12.0 Å². The fraction of sp³-hybridized carbons (Fsp3) is 0.391. The zero-order chi connectivity index (χ0) is 20.9. The van der Waals surface area contributed by atoms with Crippen molar-refractivity contribution in [3.05, 3.63) is 59.7 Å². The van der Waals surface area contributed by atoms with Crippen LogP contribution in [0.3, 0.4) is 0 Å². The molecule has 2 aromatic rings. The van der Waals surface area contributed by atoms with Crippen molar-refractivity contribution < 1.29 is 8.42 Å². The Balaban J connectivity index is 2.39. The number of sulfonamides is 1. The Morgan fingerprint density at radius 3 is 2.00 bits per heavy atom. The van der Waals surface area contributed by atoms with Gasteiger partial charge in [0.25, 0.3) is 10.0 Å². The largest absolute Gasteiger partial charge is 0.266 e. The minimum absolute atomic E-state index is 0.211. The van der Waals surface area contributed by atoms with Crippen molar-refractivity contribution >= 4 is 23.8 Å². The van der Waals surface area contributed by atoms with Crippen molar-refractivity contribution in [2.24, 2.45) is 5.92 Å². The average molecular weight is 414 g/mol. The van der Waals surface area contributed by atoms with Crippen LogP contribution in [0.4, 0.5) is 5.69 Å². The van der Waals surface area contributed by atoms with Crippen LogP contribution in [0.2, 0.25) is 19.6 Å². The Morgan fingerprint density at radius 2 is 1.54 bits per heavy atom. The molecule has 0 saturated carbocycles. The quantitative estimate of drug-likeness (QED) is 0.474. The van der Waals surface area contributed by atoms with Crippen molar-refractivity contribution in [3.63, 3.8) is 0 Å². The number of benzene rings is 2. The fourth-order valence-electron chi connectivity index (χ4n) is 2.67. The zero-order valence-corrected chi connectivity index (χ0v) is 19.6. The van der Waals surface area contributed by atoms with Crippen LogP contribution in [-0.4, -0.2) is 23.0 Å². The van der Waals surface area contributed by atoms with Crippen LogP contribution >= 0.6 is 0 Å². The van der Waals surface area contributed by atoms with Gasteiger partial charge in [0.15, 0.2) is 0 Å². The molecule has 0 bridgehead atoms. The second-order valence-corrected chi connectivity index (χ2v) is 15.1. The van der Waals surface area contributed by atoms with E-state index in [1.54, 1.807) is 24.3 Å². The lowest BCUT2D eigenvalue weighted by atomic mass is 10.1. The Hall–Kier alpha value is -2.03. The molecule has 0 radical (unpaired) electrons. The summed E-state index contributed by atoms with van der Waals surface area (Å²) in [5, 5.41) is 0. The molecule has 0 aliphatic rings. The summed E-state index contributed by atoms with van der Waals surface area (Å²) < 4.78 is 28.2. The Morgan fingerprint density at radius 1 is 0.964 bits per heavy atom. The molecular weight excluding hydrogens is 382 g/mol. The molecule has 0 amide bonds. The van der Waals surface area contributed by atoms with E-state index in [2.05, 4.69) is 38.0 Å². The molecule has 3 nitrogen and oxygen atoms in total. The van der Waals surface area contributed by atoms with E-state index in [0.29, 0.717) is 17.1 Å². The number of hydrogen-bond acceptors (Lipinski definition) is 2. The zero-order valence-electron chi connectivity index (χ0n) is 17.8. The molecule has 0 N–H and O–H groups in total. The predicted octanol–water partition coefficient (Wildman–Crippen LogP) is 5.33. The monoisotopic (exact) mass is 413 g/mol. The number of hydrogen-bond donors (Lipinski definition) is 0. The second kappa shape index (κ2) is 8.98. The van der Waals surface area contributed by atoms with E-state index in [4.69, 9.17) is 0 Å². The van der Waals surface area contributed by atoms with Crippen LogP contribution in [0, 0.1) is 17.4 Å². The van der Waals surface area contributed by atoms with Crippen molar-refractivity contribution in [2.75, 3.05) is 10.8 Å². The smallest absolute Gasteiger partial charge is 0.264 e. The number of rotatable bonds is 6. The Kier molecular flexibility index (Phi) is 7.14. The van der Waals surface area contributed by atoms with Crippen LogP contribution in [0.5, 0.6) is 0 Å². The van der Waals surface area contributed by atoms with Crippen LogP contribution in [0.25, 0.3) is 0 Å². The molecule has 0 heterocycles. The molecule has 5 heteroatoms. The number of aryl methyl sites for hydroxylation is 1. The highest BCUT2D eigenvalue weighted by molar-refractivity contribution is 7.92. The lowest BCUT2D eigenvalue weighted by molar-refractivity contribution is 0.578. The van der Waals surface area contributed by atoms with Gasteiger partial charge in [0.1, 0.15) is 8.07 Å². The van der Waals surface area contributed by atoms with Crippen molar-refractivity contribution in [2.45, 2.75) is 51.7 Å². The molecule has 2 aromatic carbocycles. The van der Waals surface area contributed by atoms with Gasteiger partial charge in [0, 0.05) is 12.1 Å². The van der Waals surface area contributed by atoms with Gasteiger partial charge in [-0.25, -0.2) is 8.42 Å². The minimum Gasteiger partial charge on any atom is -0.266 e. The van der Waals surface area contributed by atoms with Gasteiger partial charge in [0.2, 0.25) is 0 Å². The van der Waals surface area contributed by atoms with Gasteiger partial charge in [0.05, 0.1) is 10.6 Å². The number of anilines is 1. The highest BCUT2D eigenvalue weighted by Crippen LogP contribution is 2.25. The summed E-state index contributed by atoms with van der Waals surface area (Å²) in [4.78, 5) is 0.297. The third-order valence-electron chi connectivity index (χ3n) is 4.19. The summed E-state index contributed by atoms with van der Waals surface area (Å²) in [6.07, 6.45) is 0.928. The SMILES string of the molecule is CCc1ccc(N(CC(C)C)S(=O)(=O)c2ccc(C#C[Si](C)(C)C)cc2)cc1. The van der Waals surface area contributed by atoms with Gasteiger partial charge >= 0.3 is 0 Å². The van der Waals surface area contributed by atoms with Crippen molar-refractivity contribution in [1.82, 2.24) is 0 Å². The summed E-state index contributed by atoms with van der Waals surface area (Å²) in [6.45, 7) is 13.1. The van der Waals surface area contributed by atoms with Crippen molar-refractivity contribution in [3.8, 4) is 11.5 Å². The van der Waals surface area contributed by atoms with E-state index in [1.165, 1.54) is 9.87 Å². The van der Waals surface area contributed by atoms with Gasteiger partial charge in [-0.1, -0.05) is 58.5 Å². The molecule has 0 aromatic heterocycles. The molecule has 0 saturated heterocycles. The van der Waals surface area contributed by atoms with Gasteiger partial charge in [-0.3, -0.25) is 4.31 Å². The molecule has 0 aliphatic heterocycles. The number of nitrogens with zero attached hydrogens (tertiary/aromatic N) is 1. The Bertz CT molecular complexity index is 945. The van der Waals surface area contributed by atoms with E-state index >= 15 is 0 Å². The Labute approximate surface area is 171 Å². The lowest BCUT2D eigenvalue weighted by Gasteiger charge is -2.26. The summed E-state index contributed by atoms with van der Waals surface area (Å²) >= 11 is 0. The standard InChI is InChI=1S/C23H31NO2SSi/c1-7-20-8-12-22(13-9-20)24(18-19(2)3)27(25,26)23-14-10-21(11-15-23)16-17-28(4,5)6/h8-15,19H,7,18H2,1-6H3. The first-order valence-electron chi connectivity index (χ1n) is 9.78. The van der Waals surface area contributed by atoms with Crippen molar-refractivity contribution in [1.29, 1.82) is 0 Å². The van der Waals surface area contributed by atoms with Gasteiger partial charge in [-0.2, -0.15) is 0 Å². The molecule has 0 fully saturated rings. The third kappa shape index (κ3) is 5.98. The highest BCUT2D eigenvalue weighted by Gasteiger charge is 2.25. The summed E-state index contributed by atoms with van der Waals surface area (Å²) in [7, 11) is -5.10.